The quantitative estimate of drug-likeness (QED) is 0.209. The summed E-state index contributed by atoms with van der Waals surface area (Å²) >= 11 is 7.38. The number of halogens is 1. The van der Waals surface area contributed by atoms with Crippen LogP contribution in [0.15, 0.2) is 82.4 Å². The number of rotatable bonds is 3. The Morgan fingerprint density at radius 2 is 1.75 bits per heavy atom. The summed E-state index contributed by atoms with van der Waals surface area (Å²) < 4.78 is 1.97. The molecule has 156 valence electrons. The van der Waals surface area contributed by atoms with Gasteiger partial charge in [0, 0.05) is 32.8 Å². The van der Waals surface area contributed by atoms with E-state index in [1.807, 2.05) is 0 Å². The van der Waals surface area contributed by atoms with E-state index in [2.05, 4.69) is 4.98 Å². The van der Waals surface area contributed by atoms with Crippen molar-refractivity contribution in [2.75, 3.05) is 0 Å². The smallest absolute Gasteiger partial charge is 0.271 e. The summed E-state index contributed by atoms with van der Waals surface area (Å²) in [6.45, 7) is 0. The summed E-state index contributed by atoms with van der Waals surface area (Å²) in [7, 11) is 0. The van der Waals surface area contributed by atoms with Crippen LogP contribution in [0.5, 0.6) is 0 Å². The molecule has 0 amide bonds. The fraction of sp³-hybridized carbons (Fsp3) is 0. The Kier molecular flexibility index (Phi) is 4.80. The first-order valence-corrected chi connectivity index (χ1v) is 10.6. The highest BCUT2D eigenvalue weighted by molar-refractivity contribution is 7.24. The standard InChI is InChI=1S/C23H12ClN3O4S/c24-14-6-4-7-15(12-14)26-21(13-5-3-8-16(11-13)27(30)31)25-22-19(23(26)29)20(28)17-9-1-2-10-18(17)32-22/h1-12H. The lowest BCUT2D eigenvalue weighted by molar-refractivity contribution is -0.384. The zero-order chi connectivity index (χ0) is 22.4. The largest absolute Gasteiger partial charge is 0.288 e. The second-order valence-corrected chi connectivity index (χ2v) is 8.44. The second kappa shape index (κ2) is 7.67. The van der Waals surface area contributed by atoms with Gasteiger partial charge in [-0.3, -0.25) is 24.3 Å². The maximum absolute atomic E-state index is 13.7. The number of nitro benzene ring substituents is 1. The molecule has 0 aliphatic heterocycles. The molecule has 0 fully saturated rings. The minimum atomic E-state index is -0.564. The van der Waals surface area contributed by atoms with Gasteiger partial charge in [0.2, 0.25) is 5.43 Å². The SMILES string of the molecule is O=c1c2ccccc2sc2nc(-c3cccc([N+](=O)[O-])c3)n(-c3cccc(Cl)c3)c(=O)c12. The third kappa shape index (κ3) is 3.26. The molecule has 0 atom stereocenters. The molecule has 9 heteroatoms. The maximum atomic E-state index is 13.7. The van der Waals surface area contributed by atoms with Crippen LogP contribution in [0, 0.1) is 10.1 Å². The lowest BCUT2D eigenvalue weighted by atomic mass is 10.1. The Morgan fingerprint density at radius 3 is 2.53 bits per heavy atom. The van der Waals surface area contributed by atoms with E-state index in [-0.39, 0.29) is 21.7 Å². The van der Waals surface area contributed by atoms with Crippen LogP contribution in [-0.2, 0) is 0 Å². The molecule has 0 unspecified atom stereocenters. The molecule has 7 nitrogen and oxygen atoms in total. The van der Waals surface area contributed by atoms with E-state index in [4.69, 9.17) is 11.6 Å². The molecular formula is C23H12ClN3O4S. The Bertz CT molecular complexity index is 1680. The van der Waals surface area contributed by atoms with Crippen LogP contribution in [0.25, 0.3) is 37.4 Å². The van der Waals surface area contributed by atoms with Gasteiger partial charge >= 0.3 is 0 Å². The van der Waals surface area contributed by atoms with Gasteiger partial charge < -0.3 is 0 Å². The first kappa shape index (κ1) is 20.0. The van der Waals surface area contributed by atoms with Crippen molar-refractivity contribution in [2.24, 2.45) is 0 Å². The van der Waals surface area contributed by atoms with Crippen molar-refractivity contribution >= 4 is 48.9 Å². The van der Waals surface area contributed by atoms with Crippen molar-refractivity contribution in [1.82, 2.24) is 9.55 Å². The molecule has 0 N–H and O–H groups in total. The van der Waals surface area contributed by atoms with Crippen molar-refractivity contribution in [2.45, 2.75) is 0 Å². The van der Waals surface area contributed by atoms with E-state index in [1.165, 1.54) is 34.1 Å². The van der Waals surface area contributed by atoms with E-state index >= 15 is 0 Å². The monoisotopic (exact) mass is 461 g/mol. The Balaban J connectivity index is 1.96. The lowest BCUT2D eigenvalue weighted by Gasteiger charge is -2.14. The number of hydrogen-bond donors (Lipinski definition) is 0. The van der Waals surface area contributed by atoms with Gasteiger partial charge in [-0.05, 0) is 30.3 Å². The van der Waals surface area contributed by atoms with Crippen molar-refractivity contribution < 1.29 is 4.92 Å². The van der Waals surface area contributed by atoms with Crippen LogP contribution in [0.1, 0.15) is 0 Å². The summed E-state index contributed by atoms with van der Waals surface area (Å²) in [5, 5.41) is 12.1. The van der Waals surface area contributed by atoms with Crippen LogP contribution in [-0.4, -0.2) is 14.5 Å². The second-order valence-electron chi connectivity index (χ2n) is 6.97. The fourth-order valence-corrected chi connectivity index (χ4v) is 4.78. The van der Waals surface area contributed by atoms with Crippen LogP contribution >= 0.6 is 22.9 Å². The highest BCUT2D eigenvalue weighted by Gasteiger charge is 2.20. The zero-order valence-corrected chi connectivity index (χ0v) is 17.8. The predicted octanol–water partition coefficient (Wildman–Crippen LogP) is 5.19. The summed E-state index contributed by atoms with van der Waals surface area (Å²) in [5.74, 6) is 0.180. The molecule has 2 heterocycles. The van der Waals surface area contributed by atoms with E-state index in [0.717, 1.165) is 0 Å². The van der Waals surface area contributed by atoms with Gasteiger partial charge in [-0.1, -0.05) is 41.9 Å². The molecule has 0 aliphatic carbocycles. The molecule has 0 radical (unpaired) electrons. The summed E-state index contributed by atoms with van der Waals surface area (Å²) in [6, 6.07) is 19.4. The highest BCUT2D eigenvalue weighted by atomic mass is 35.5. The number of nitro groups is 1. The Labute approximate surface area is 188 Å². The number of nitrogens with zero attached hydrogens (tertiary/aromatic N) is 3. The number of hydrogen-bond acceptors (Lipinski definition) is 6. The van der Waals surface area contributed by atoms with E-state index in [0.29, 0.717) is 26.4 Å². The third-order valence-electron chi connectivity index (χ3n) is 5.00. The number of benzene rings is 3. The number of fused-ring (bicyclic) bond motifs is 2. The van der Waals surface area contributed by atoms with Gasteiger partial charge in [-0.25, -0.2) is 4.98 Å². The maximum Gasteiger partial charge on any atom is 0.271 e. The minimum Gasteiger partial charge on any atom is -0.288 e. The van der Waals surface area contributed by atoms with E-state index in [1.54, 1.807) is 54.6 Å². The summed E-state index contributed by atoms with van der Waals surface area (Å²) in [4.78, 5) is 42.6. The normalized spacial score (nSPS) is 11.2. The van der Waals surface area contributed by atoms with Crippen LogP contribution < -0.4 is 11.0 Å². The van der Waals surface area contributed by atoms with Crippen LogP contribution in [0.2, 0.25) is 5.02 Å². The first-order valence-electron chi connectivity index (χ1n) is 9.43. The molecular weight excluding hydrogens is 450 g/mol. The van der Waals surface area contributed by atoms with Crippen molar-refractivity contribution in [3.63, 3.8) is 0 Å². The van der Waals surface area contributed by atoms with Crippen molar-refractivity contribution in [3.8, 4) is 17.1 Å². The molecule has 32 heavy (non-hydrogen) atoms. The fourth-order valence-electron chi connectivity index (χ4n) is 3.56. The zero-order valence-electron chi connectivity index (χ0n) is 16.2. The Morgan fingerprint density at radius 1 is 0.969 bits per heavy atom. The molecule has 0 saturated heterocycles. The highest BCUT2D eigenvalue weighted by Crippen LogP contribution is 2.28. The predicted molar refractivity (Wildman–Crippen MR) is 126 cm³/mol. The molecule has 5 rings (SSSR count). The molecule has 0 spiro atoms. The van der Waals surface area contributed by atoms with Gasteiger partial charge in [0.25, 0.3) is 11.2 Å². The average Bonchev–Trinajstić information content (AvgIpc) is 2.79. The summed E-state index contributed by atoms with van der Waals surface area (Å²) in [5.41, 5.74) is -0.345. The van der Waals surface area contributed by atoms with Gasteiger partial charge in [-0.2, -0.15) is 0 Å². The van der Waals surface area contributed by atoms with Gasteiger partial charge in [0.15, 0.2) is 0 Å². The van der Waals surface area contributed by atoms with Crippen molar-refractivity contribution in [3.05, 3.63) is 109 Å². The molecule has 3 aromatic carbocycles. The van der Waals surface area contributed by atoms with Gasteiger partial charge in [-0.15, -0.1) is 11.3 Å². The summed E-state index contributed by atoms with van der Waals surface area (Å²) in [6.07, 6.45) is 0. The lowest BCUT2D eigenvalue weighted by Crippen LogP contribution is -2.26. The van der Waals surface area contributed by atoms with Crippen molar-refractivity contribution in [1.29, 1.82) is 0 Å². The van der Waals surface area contributed by atoms with Crippen LogP contribution in [0.4, 0.5) is 5.69 Å². The molecule has 0 saturated carbocycles. The first-order chi connectivity index (χ1) is 15.4. The number of aromatic nitrogens is 2. The van der Waals surface area contributed by atoms with E-state index < -0.39 is 15.9 Å². The Hall–Kier alpha value is -3.88. The van der Waals surface area contributed by atoms with Crippen LogP contribution in [0.3, 0.4) is 0 Å². The number of non-ortho nitro benzene ring substituents is 1. The third-order valence-corrected chi connectivity index (χ3v) is 6.30. The topological polar surface area (TPSA) is 95.1 Å². The van der Waals surface area contributed by atoms with Gasteiger partial charge in [0.05, 0.1) is 10.6 Å². The molecule has 2 aromatic heterocycles. The average molecular weight is 462 g/mol. The molecule has 0 aliphatic rings. The minimum absolute atomic E-state index is 0.0390. The van der Waals surface area contributed by atoms with Gasteiger partial charge in [0.1, 0.15) is 16.0 Å². The molecule has 0 bridgehead atoms. The molecule has 5 aromatic rings. The van der Waals surface area contributed by atoms with E-state index in [9.17, 15) is 19.7 Å².